The minimum atomic E-state index is -0.342. The monoisotopic (exact) mass is 308 g/mol. The molecule has 1 unspecified atom stereocenters. The molecule has 0 spiro atoms. The second-order valence-corrected chi connectivity index (χ2v) is 5.29. The molecule has 22 heavy (non-hydrogen) atoms. The Hall–Kier alpha value is -2.11. The largest absolute Gasteiger partial charge is 0.466 e. The summed E-state index contributed by atoms with van der Waals surface area (Å²) >= 11 is 0. The number of carbonyl (C=O) groups excluding carboxylic acids is 2. The van der Waals surface area contributed by atoms with Gasteiger partial charge in [0.2, 0.25) is 0 Å². The number of nitrogens with one attached hydrogen (secondary N) is 1. The molecule has 0 aliphatic carbocycles. The molecular formula is C16H21FN2O3. The Balaban J connectivity index is 1.87. The van der Waals surface area contributed by atoms with Crippen molar-refractivity contribution in [3.8, 4) is 0 Å². The average molecular weight is 308 g/mol. The van der Waals surface area contributed by atoms with Crippen molar-refractivity contribution in [2.45, 2.75) is 26.3 Å². The number of carbonyl (C=O) groups is 2. The zero-order valence-electron chi connectivity index (χ0n) is 12.7. The van der Waals surface area contributed by atoms with Crippen LogP contribution in [0.3, 0.4) is 0 Å². The van der Waals surface area contributed by atoms with Crippen LogP contribution in [0.5, 0.6) is 0 Å². The minimum absolute atomic E-state index is 0.131. The molecule has 1 N–H and O–H groups in total. The number of urea groups is 1. The third kappa shape index (κ3) is 4.19. The second kappa shape index (κ2) is 7.77. The number of hydrogen-bond acceptors (Lipinski definition) is 3. The SMILES string of the molecule is CCOC(=O)C1CCCN(C(=O)NCc2ccccc2F)C1. The first-order valence-corrected chi connectivity index (χ1v) is 7.54. The fourth-order valence-corrected chi connectivity index (χ4v) is 2.54. The van der Waals surface area contributed by atoms with Gasteiger partial charge in [-0.15, -0.1) is 0 Å². The van der Waals surface area contributed by atoms with E-state index in [1.165, 1.54) is 6.07 Å². The van der Waals surface area contributed by atoms with Gasteiger partial charge in [-0.1, -0.05) is 18.2 Å². The molecule has 6 heteroatoms. The molecule has 2 amide bonds. The molecule has 0 aromatic heterocycles. The topological polar surface area (TPSA) is 58.6 Å². The number of nitrogens with zero attached hydrogens (tertiary/aromatic N) is 1. The molecule has 1 heterocycles. The lowest BCUT2D eigenvalue weighted by Gasteiger charge is -2.31. The van der Waals surface area contributed by atoms with E-state index in [2.05, 4.69) is 5.32 Å². The maximum absolute atomic E-state index is 13.5. The quantitative estimate of drug-likeness (QED) is 0.868. The molecule has 1 aliphatic heterocycles. The highest BCUT2D eigenvalue weighted by Gasteiger charge is 2.29. The highest BCUT2D eigenvalue weighted by molar-refractivity contribution is 5.77. The third-order valence-corrected chi connectivity index (χ3v) is 3.72. The summed E-state index contributed by atoms with van der Waals surface area (Å²) in [6, 6.07) is 6.04. The maximum Gasteiger partial charge on any atom is 0.317 e. The maximum atomic E-state index is 13.5. The average Bonchev–Trinajstić information content (AvgIpc) is 2.54. The molecule has 1 fully saturated rings. The van der Waals surface area contributed by atoms with Crippen LogP contribution in [0.25, 0.3) is 0 Å². The summed E-state index contributed by atoms with van der Waals surface area (Å²) in [5.41, 5.74) is 0.440. The zero-order chi connectivity index (χ0) is 15.9. The van der Waals surface area contributed by atoms with Gasteiger partial charge in [0.25, 0.3) is 0 Å². The smallest absolute Gasteiger partial charge is 0.317 e. The van der Waals surface area contributed by atoms with Crippen molar-refractivity contribution in [3.05, 3.63) is 35.6 Å². The standard InChI is InChI=1S/C16H21FN2O3/c1-2-22-15(20)13-7-5-9-19(11-13)16(21)18-10-12-6-3-4-8-14(12)17/h3-4,6,8,13H,2,5,7,9-11H2,1H3,(H,18,21). The molecule has 2 rings (SSSR count). The van der Waals surface area contributed by atoms with Crippen LogP contribution >= 0.6 is 0 Å². The molecule has 0 bridgehead atoms. The number of amides is 2. The predicted octanol–water partition coefficient (Wildman–Crippen LogP) is 2.31. The highest BCUT2D eigenvalue weighted by Crippen LogP contribution is 2.18. The van der Waals surface area contributed by atoms with Gasteiger partial charge in [0.15, 0.2) is 0 Å². The van der Waals surface area contributed by atoms with Gasteiger partial charge < -0.3 is 15.0 Å². The van der Waals surface area contributed by atoms with Crippen LogP contribution < -0.4 is 5.32 Å². The summed E-state index contributed by atoms with van der Waals surface area (Å²) in [5.74, 6) is -0.868. The van der Waals surface area contributed by atoms with E-state index < -0.39 is 0 Å². The first-order chi connectivity index (χ1) is 10.6. The lowest BCUT2D eigenvalue weighted by molar-refractivity contribution is -0.149. The van der Waals surface area contributed by atoms with Crippen LogP contribution in [0.4, 0.5) is 9.18 Å². The Morgan fingerprint density at radius 1 is 1.41 bits per heavy atom. The lowest BCUT2D eigenvalue weighted by atomic mass is 9.98. The summed E-state index contributed by atoms with van der Waals surface area (Å²) in [6.45, 7) is 3.18. The van der Waals surface area contributed by atoms with Crippen LogP contribution in [-0.4, -0.2) is 36.6 Å². The minimum Gasteiger partial charge on any atom is -0.466 e. The normalized spacial score (nSPS) is 17.9. The first-order valence-electron chi connectivity index (χ1n) is 7.54. The van der Waals surface area contributed by atoms with E-state index in [-0.39, 0.29) is 30.3 Å². The van der Waals surface area contributed by atoms with Crippen molar-refractivity contribution < 1.29 is 18.7 Å². The van der Waals surface area contributed by atoms with E-state index >= 15 is 0 Å². The van der Waals surface area contributed by atoms with E-state index in [0.29, 0.717) is 25.3 Å². The van der Waals surface area contributed by atoms with E-state index in [4.69, 9.17) is 4.74 Å². The number of ether oxygens (including phenoxy) is 1. The fraction of sp³-hybridized carbons (Fsp3) is 0.500. The molecular weight excluding hydrogens is 287 g/mol. The number of likely N-dealkylation sites (tertiary alicyclic amines) is 1. The van der Waals surface area contributed by atoms with Crippen LogP contribution in [-0.2, 0) is 16.1 Å². The number of halogens is 1. The molecule has 1 atom stereocenters. The van der Waals surface area contributed by atoms with Crippen molar-refractivity contribution in [3.63, 3.8) is 0 Å². The van der Waals surface area contributed by atoms with E-state index in [1.807, 2.05) is 0 Å². The summed E-state index contributed by atoms with van der Waals surface area (Å²) in [7, 11) is 0. The van der Waals surface area contributed by atoms with Crippen molar-refractivity contribution in [1.82, 2.24) is 10.2 Å². The third-order valence-electron chi connectivity index (χ3n) is 3.72. The Labute approximate surface area is 129 Å². The Kier molecular flexibility index (Phi) is 5.75. The van der Waals surface area contributed by atoms with Gasteiger partial charge in [-0.2, -0.15) is 0 Å². The summed E-state index contributed by atoms with van der Waals surface area (Å²) in [6.07, 6.45) is 1.49. The van der Waals surface area contributed by atoms with Gasteiger partial charge in [-0.3, -0.25) is 4.79 Å². The summed E-state index contributed by atoms with van der Waals surface area (Å²) in [5, 5.41) is 2.70. The van der Waals surface area contributed by atoms with Crippen LogP contribution in [0.2, 0.25) is 0 Å². The van der Waals surface area contributed by atoms with E-state index in [0.717, 1.165) is 12.8 Å². The molecule has 1 aromatic rings. The summed E-state index contributed by atoms with van der Waals surface area (Å²) < 4.78 is 18.5. The van der Waals surface area contributed by atoms with Gasteiger partial charge in [-0.25, -0.2) is 9.18 Å². The van der Waals surface area contributed by atoms with E-state index in [1.54, 1.807) is 30.0 Å². The fourth-order valence-electron chi connectivity index (χ4n) is 2.54. The first kappa shape index (κ1) is 16.3. The molecule has 0 radical (unpaired) electrons. The second-order valence-electron chi connectivity index (χ2n) is 5.29. The molecule has 120 valence electrons. The number of piperidine rings is 1. The number of rotatable bonds is 4. The lowest BCUT2D eigenvalue weighted by Crippen LogP contribution is -2.47. The van der Waals surface area contributed by atoms with Gasteiger partial charge in [0.05, 0.1) is 12.5 Å². The predicted molar refractivity (Wildman–Crippen MR) is 79.6 cm³/mol. The van der Waals surface area contributed by atoms with Crippen molar-refractivity contribution in [1.29, 1.82) is 0 Å². The van der Waals surface area contributed by atoms with Crippen molar-refractivity contribution >= 4 is 12.0 Å². The number of hydrogen-bond donors (Lipinski definition) is 1. The van der Waals surface area contributed by atoms with Crippen LogP contribution in [0, 0.1) is 11.7 Å². The van der Waals surface area contributed by atoms with Crippen LogP contribution in [0.15, 0.2) is 24.3 Å². The van der Waals surface area contributed by atoms with Gasteiger partial charge in [0, 0.05) is 25.2 Å². The summed E-state index contributed by atoms with van der Waals surface area (Å²) in [4.78, 5) is 25.5. The highest BCUT2D eigenvalue weighted by atomic mass is 19.1. The van der Waals surface area contributed by atoms with E-state index in [9.17, 15) is 14.0 Å². The molecule has 5 nitrogen and oxygen atoms in total. The Morgan fingerprint density at radius 3 is 2.91 bits per heavy atom. The number of esters is 1. The molecule has 1 aromatic carbocycles. The molecule has 0 saturated carbocycles. The Morgan fingerprint density at radius 2 is 2.18 bits per heavy atom. The van der Waals surface area contributed by atoms with Crippen molar-refractivity contribution in [2.75, 3.05) is 19.7 Å². The van der Waals surface area contributed by atoms with Gasteiger partial charge >= 0.3 is 12.0 Å². The molecule has 1 aliphatic rings. The van der Waals surface area contributed by atoms with Crippen molar-refractivity contribution in [2.24, 2.45) is 5.92 Å². The Bertz CT molecular complexity index is 536. The number of benzene rings is 1. The van der Waals surface area contributed by atoms with Gasteiger partial charge in [0.1, 0.15) is 5.82 Å². The molecule has 1 saturated heterocycles. The zero-order valence-corrected chi connectivity index (χ0v) is 12.7. The van der Waals surface area contributed by atoms with Gasteiger partial charge in [-0.05, 0) is 25.8 Å². The van der Waals surface area contributed by atoms with Crippen LogP contribution in [0.1, 0.15) is 25.3 Å².